The molecule has 0 unspecified atom stereocenters. The molecule has 1 aromatic rings. The Morgan fingerprint density at radius 2 is 2.15 bits per heavy atom. The van der Waals surface area contributed by atoms with Gasteiger partial charge in [0.05, 0.1) is 0 Å². The second kappa shape index (κ2) is 3.84. The molecule has 0 radical (unpaired) electrons. The largest absolute Gasteiger partial charge is 0.454 e. The normalized spacial score (nSPS) is 19.2. The minimum absolute atomic E-state index is 0.674. The van der Waals surface area contributed by atoms with Crippen molar-refractivity contribution >= 4 is 15.9 Å². The molecule has 1 saturated heterocycles. The van der Waals surface area contributed by atoms with Gasteiger partial charge in [0.25, 0.3) is 0 Å². The Kier molecular flexibility index (Phi) is 2.74. The van der Waals surface area contributed by atoms with Crippen molar-refractivity contribution in [3.63, 3.8) is 0 Å². The van der Waals surface area contributed by atoms with Gasteiger partial charge in [0.15, 0.2) is 4.67 Å². The van der Waals surface area contributed by atoms with Crippen LogP contribution in [0.3, 0.4) is 0 Å². The Labute approximate surface area is 86.8 Å². The Morgan fingerprint density at radius 1 is 1.46 bits per heavy atom. The number of hydrogen-bond acceptors (Lipinski definition) is 2. The van der Waals surface area contributed by atoms with E-state index in [1.165, 1.54) is 18.4 Å². The van der Waals surface area contributed by atoms with Gasteiger partial charge in [0, 0.05) is 5.56 Å². The van der Waals surface area contributed by atoms with Crippen molar-refractivity contribution in [3.8, 4) is 0 Å². The van der Waals surface area contributed by atoms with Crippen molar-refractivity contribution in [2.75, 3.05) is 13.1 Å². The Morgan fingerprint density at radius 3 is 2.69 bits per heavy atom. The molecule has 1 fully saturated rings. The number of furan rings is 1. The average molecular weight is 244 g/mol. The summed E-state index contributed by atoms with van der Waals surface area (Å²) in [6, 6.07) is 2.15. The molecule has 3 heteroatoms. The molecule has 0 atom stereocenters. The summed E-state index contributed by atoms with van der Waals surface area (Å²) in [5, 5.41) is 3.36. The lowest BCUT2D eigenvalue weighted by atomic mass is 9.92. The average Bonchev–Trinajstić information content (AvgIpc) is 2.47. The molecule has 1 aliphatic heterocycles. The molecule has 72 valence electrons. The zero-order valence-corrected chi connectivity index (χ0v) is 9.36. The van der Waals surface area contributed by atoms with E-state index >= 15 is 0 Å². The second-order valence-corrected chi connectivity index (χ2v) is 4.33. The van der Waals surface area contributed by atoms with Crippen LogP contribution in [0, 0.1) is 6.92 Å². The molecule has 1 aliphatic rings. The Hall–Kier alpha value is -0.280. The fraction of sp³-hybridized carbons (Fsp3) is 0.600. The zero-order chi connectivity index (χ0) is 9.26. The molecule has 13 heavy (non-hydrogen) atoms. The summed E-state index contributed by atoms with van der Waals surface area (Å²) in [5.41, 5.74) is 1.35. The highest BCUT2D eigenvalue weighted by molar-refractivity contribution is 9.10. The highest BCUT2D eigenvalue weighted by Crippen LogP contribution is 2.33. The van der Waals surface area contributed by atoms with Crippen molar-refractivity contribution < 1.29 is 4.42 Å². The lowest BCUT2D eigenvalue weighted by Crippen LogP contribution is -2.26. The third-order valence-electron chi connectivity index (χ3n) is 2.62. The molecule has 0 spiro atoms. The molecule has 1 aromatic heterocycles. The minimum Gasteiger partial charge on any atom is -0.454 e. The van der Waals surface area contributed by atoms with Gasteiger partial charge in [-0.25, -0.2) is 0 Å². The molecule has 0 bridgehead atoms. The summed E-state index contributed by atoms with van der Waals surface area (Å²) in [4.78, 5) is 0. The van der Waals surface area contributed by atoms with Crippen molar-refractivity contribution in [3.05, 3.63) is 22.1 Å². The van der Waals surface area contributed by atoms with Crippen LogP contribution in [0.2, 0.25) is 0 Å². The lowest BCUT2D eigenvalue weighted by Gasteiger charge is -2.21. The summed E-state index contributed by atoms with van der Waals surface area (Å²) < 4.78 is 6.39. The van der Waals surface area contributed by atoms with Crippen molar-refractivity contribution in [1.29, 1.82) is 0 Å². The van der Waals surface area contributed by atoms with Gasteiger partial charge in [0.2, 0.25) is 0 Å². The van der Waals surface area contributed by atoms with Gasteiger partial charge in [-0.2, -0.15) is 0 Å². The third kappa shape index (κ3) is 1.97. The van der Waals surface area contributed by atoms with Crippen molar-refractivity contribution in [1.82, 2.24) is 5.32 Å². The van der Waals surface area contributed by atoms with Gasteiger partial charge < -0.3 is 9.73 Å². The molecular weight excluding hydrogens is 230 g/mol. The zero-order valence-electron chi connectivity index (χ0n) is 7.77. The maximum absolute atomic E-state index is 5.46. The summed E-state index contributed by atoms with van der Waals surface area (Å²) in [6.45, 7) is 4.25. The third-order valence-corrected chi connectivity index (χ3v) is 3.24. The van der Waals surface area contributed by atoms with E-state index in [0.29, 0.717) is 5.92 Å². The van der Waals surface area contributed by atoms with E-state index < -0.39 is 0 Å². The topological polar surface area (TPSA) is 25.2 Å². The number of halogens is 1. The van der Waals surface area contributed by atoms with Crippen LogP contribution in [0.5, 0.6) is 0 Å². The molecular formula is C10H14BrNO. The Balaban J connectivity index is 2.18. The Bertz CT molecular complexity index is 289. The lowest BCUT2D eigenvalue weighted by molar-refractivity contribution is 0.448. The first-order chi connectivity index (χ1) is 6.27. The van der Waals surface area contributed by atoms with Crippen molar-refractivity contribution in [2.24, 2.45) is 0 Å². The summed E-state index contributed by atoms with van der Waals surface area (Å²) in [5.74, 6) is 1.67. The van der Waals surface area contributed by atoms with Crippen LogP contribution in [-0.2, 0) is 0 Å². The molecule has 2 heterocycles. The van der Waals surface area contributed by atoms with E-state index in [4.69, 9.17) is 4.42 Å². The van der Waals surface area contributed by atoms with Crippen LogP contribution in [0.4, 0.5) is 0 Å². The first-order valence-corrected chi connectivity index (χ1v) is 5.53. The molecule has 0 saturated carbocycles. The van der Waals surface area contributed by atoms with Crippen LogP contribution in [0.1, 0.15) is 30.1 Å². The van der Waals surface area contributed by atoms with Crippen LogP contribution in [0.25, 0.3) is 0 Å². The first-order valence-electron chi connectivity index (χ1n) is 4.74. The number of rotatable bonds is 1. The number of piperidine rings is 1. The van der Waals surface area contributed by atoms with Gasteiger partial charge in [0.1, 0.15) is 5.76 Å². The van der Waals surface area contributed by atoms with E-state index in [0.717, 1.165) is 23.5 Å². The van der Waals surface area contributed by atoms with E-state index in [9.17, 15) is 0 Å². The standard InChI is InChI=1S/C10H14BrNO/c1-7-6-9(10(11)13-7)8-2-4-12-5-3-8/h6,8,12H,2-5H2,1H3. The van der Waals surface area contributed by atoms with Crippen LogP contribution >= 0.6 is 15.9 Å². The minimum atomic E-state index is 0.674. The smallest absolute Gasteiger partial charge is 0.172 e. The molecule has 2 nitrogen and oxygen atoms in total. The van der Waals surface area contributed by atoms with Gasteiger partial charge in [-0.05, 0) is 60.8 Å². The maximum Gasteiger partial charge on any atom is 0.172 e. The molecule has 0 aliphatic carbocycles. The summed E-state index contributed by atoms with van der Waals surface area (Å²) in [6.07, 6.45) is 2.44. The molecule has 2 rings (SSSR count). The quantitative estimate of drug-likeness (QED) is 0.821. The van der Waals surface area contributed by atoms with Gasteiger partial charge >= 0.3 is 0 Å². The van der Waals surface area contributed by atoms with Gasteiger partial charge in [-0.3, -0.25) is 0 Å². The SMILES string of the molecule is Cc1cc(C2CCNCC2)c(Br)o1. The van der Waals surface area contributed by atoms with E-state index in [-0.39, 0.29) is 0 Å². The first kappa shape index (κ1) is 9.28. The highest BCUT2D eigenvalue weighted by atomic mass is 79.9. The highest BCUT2D eigenvalue weighted by Gasteiger charge is 2.19. The predicted molar refractivity (Wildman–Crippen MR) is 56.0 cm³/mol. The fourth-order valence-corrected chi connectivity index (χ4v) is 2.61. The number of aryl methyl sites for hydroxylation is 1. The van der Waals surface area contributed by atoms with E-state index in [1.807, 2.05) is 6.92 Å². The number of hydrogen-bond donors (Lipinski definition) is 1. The van der Waals surface area contributed by atoms with Crippen LogP contribution in [0.15, 0.2) is 15.2 Å². The fourth-order valence-electron chi connectivity index (χ4n) is 1.92. The maximum atomic E-state index is 5.46. The number of nitrogens with one attached hydrogen (secondary N) is 1. The second-order valence-electron chi connectivity index (χ2n) is 3.61. The van der Waals surface area contributed by atoms with E-state index in [1.54, 1.807) is 0 Å². The van der Waals surface area contributed by atoms with Gasteiger partial charge in [-0.1, -0.05) is 0 Å². The predicted octanol–water partition coefficient (Wildman–Crippen LogP) is 2.82. The summed E-state index contributed by atoms with van der Waals surface area (Å²) in [7, 11) is 0. The molecule has 0 aromatic carbocycles. The molecule has 0 amide bonds. The van der Waals surface area contributed by atoms with Crippen LogP contribution in [-0.4, -0.2) is 13.1 Å². The monoisotopic (exact) mass is 243 g/mol. The molecule has 1 N–H and O–H groups in total. The van der Waals surface area contributed by atoms with Crippen LogP contribution < -0.4 is 5.32 Å². The van der Waals surface area contributed by atoms with Gasteiger partial charge in [-0.15, -0.1) is 0 Å². The van der Waals surface area contributed by atoms with Crippen molar-refractivity contribution in [2.45, 2.75) is 25.7 Å². The summed E-state index contributed by atoms with van der Waals surface area (Å²) >= 11 is 3.47. The van der Waals surface area contributed by atoms with E-state index in [2.05, 4.69) is 27.3 Å².